The molecule has 2 aromatic rings. The van der Waals surface area contributed by atoms with E-state index in [4.69, 9.17) is 25.8 Å². The Morgan fingerprint density at radius 3 is 2.65 bits per heavy atom. The Morgan fingerprint density at radius 2 is 1.96 bits per heavy atom. The standard InChI is InChI=1S/C16H15ClN2O6S/c1-2-23-11-3-5-12(6-4-11)26(21,22)19-18-16(20)10-7-13(17)15-14(8-10)24-9-25-15/h3-8,19H,2,9H2,1H3,(H,18,20). The van der Waals surface area contributed by atoms with Gasteiger partial charge in [0.15, 0.2) is 11.5 Å². The number of hydrogen-bond donors (Lipinski definition) is 2. The van der Waals surface area contributed by atoms with E-state index in [0.29, 0.717) is 23.9 Å². The predicted octanol–water partition coefficient (Wildman–Crippen LogP) is 2.09. The minimum absolute atomic E-state index is 0.00446. The van der Waals surface area contributed by atoms with Gasteiger partial charge in [-0.25, -0.2) is 8.42 Å². The molecular weight excluding hydrogens is 384 g/mol. The highest BCUT2D eigenvalue weighted by molar-refractivity contribution is 7.89. The summed E-state index contributed by atoms with van der Waals surface area (Å²) in [6.45, 7) is 2.30. The normalized spacial score (nSPS) is 12.7. The number of benzene rings is 2. The van der Waals surface area contributed by atoms with E-state index >= 15 is 0 Å². The SMILES string of the molecule is CCOc1ccc(S(=O)(=O)NNC(=O)c2cc(Cl)c3c(c2)OCO3)cc1. The molecule has 8 nitrogen and oxygen atoms in total. The van der Waals surface area contributed by atoms with Crippen LogP contribution < -0.4 is 24.5 Å². The lowest BCUT2D eigenvalue weighted by molar-refractivity contribution is 0.0944. The molecule has 0 radical (unpaired) electrons. The third kappa shape index (κ3) is 3.85. The first-order valence-electron chi connectivity index (χ1n) is 7.55. The zero-order valence-electron chi connectivity index (χ0n) is 13.6. The fraction of sp³-hybridized carbons (Fsp3) is 0.188. The maximum absolute atomic E-state index is 12.3. The van der Waals surface area contributed by atoms with E-state index in [9.17, 15) is 13.2 Å². The van der Waals surface area contributed by atoms with Gasteiger partial charge in [0.2, 0.25) is 6.79 Å². The summed E-state index contributed by atoms with van der Waals surface area (Å²) >= 11 is 6.01. The van der Waals surface area contributed by atoms with Gasteiger partial charge in [0, 0.05) is 5.56 Å². The zero-order valence-corrected chi connectivity index (χ0v) is 15.2. The first-order valence-corrected chi connectivity index (χ1v) is 9.41. The van der Waals surface area contributed by atoms with E-state index in [2.05, 4.69) is 5.43 Å². The third-order valence-corrected chi connectivity index (χ3v) is 4.98. The van der Waals surface area contributed by atoms with Gasteiger partial charge in [0.25, 0.3) is 15.9 Å². The van der Waals surface area contributed by atoms with Crippen LogP contribution in [-0.4, -0.2) is 27.7 Å². The lowest BCUT2D eigenvalue weighted by atomic mass is 10.2. The number of nitrogens with one attached hydrogen (secondary N) is 2. The van der Waals surface area contributed by atoms with Gasteiger partial charge in [-0.15, -0.1) is 4.83 Å². The quantitative estimate of drug-likeness (QED) is 0.722. The molecule has 0 bridgehead atoms. The molecule has 3 rings (SSSR count). The van der Waals surface area contributed by atoms with Crippen molar-refractivity contribution < 1.29 is 27.4 Å². The van der Waals surface area contributed by atoms with Crippen LogP contribution in [0.25, 0.3) is 0 Å². The van der Waals surface area contributed by atoms with E-state index in [-0.39, 0.29) is 22.3 Å². The molecule has 0 unspecified atom stereocenters. The maximum atomic E-state index is 12.3. The van der Waals surface area contributed by atoms with Crippen LogP contribution in [0.2, 0.25) is 5.02 Å². The lowest BCUT2D eigenvalue weighted by Gasteiger charge is -2.10. The number of sulfonamides is 1. The maximum Gasteiger partial charge on any atom is 0.266 e. The van der Waals surface area contributed by atoms with Gasteiger partial charge in [-0.05, 0) is 43.3 Å². The van der Waals surface area contributed by atoms with Crippen molar-refractivity contribution in [2.24, 2.45) is 0 Å². The number of hydrazine groups is 1. The molecule has 138 valence electrons. The van der Waals surface area contributed by atoms with E-state index in [1.54, 1.807) is 0 Å². The van der Waals surface area contributed by atoms with Crippen molar-refractivity contribution in [2.45, 2.75) is 11.8 Å². The third-order valence-electron chi connectivity index (χ3n) is 3.43. The molecule has 1 amide bonds. The minimum Gasteiger partial charge on any atom is -0.494 e. The average molecular weight is 399 g/mol. The molecule has 0 saturated heterocycles. The number of halogens is 1. The molecule has 1 aliphatic rings. The summed E-state index contributed by atoms with van der Waals surface area (Å²) in [5.74, 6) is 0.514. The van der Waals surface area contributed by atoms with Crippen LogP contribution in [0.3, 0.4) is 0 Å². The first kappa shape index (κ1) is 18.3. The van der Waals surface area contributed by atoms with Crippen LogP contribution in [0, 0.1) is 0 Å². The summed E-state index contributed by atoms with van der Waals surface area (Å²) < 4.78 is 40.1. The van der Waals surface area contributed by atoms with E-state index in [1.165, 1.54) is 36.4 Å². The Morgan fingerprint density at radius 1 is 1.23 bits per heavy atom. The molecular formula is C16H15ClN2O6S. The summed E-state index contributed by atoms with van der Waals surface area (Å²) in [4.78, 5) is 14.2. The monoisotopic (exact) mass is 398 g/mol. The van der Waals surface area contributed by atoms with E-state index in [1.807, 2.05) is 11.8 Å². The first-order chi connectivity index (χ1) is 12.4. The van der Waals surface area contributed by atoms with Crippen molar-refractivity contribution in [1.82, 2.24) is 10.3 Å². The molecule has 2 aromatic carbocycles. The van der Waals surface area contributed by atoms with Crippen LogP contribution in [0.1, 0.15) is 17.3 Å². The molecule has 26 heavy (non-hydrogen) atoms. The number of carbonyl (C=O) groups excluding carboxylic acids is 1. The Balaban J connectivity index is 1.69. The van der Waals surface area contributed by atoms with Crippen LogP contribution in [0.15, 0.2) is 41.3 Å². The zero-order chi connectivity index (χ0) is 18.7. The minimum atomic E-state index is -3.94. The van der Waals surface area contributed by atoms with Crippen LogP contribution >= 0.6 is 11.6 Å². The summed E-state index contributed by atoms with van der Waals surface area (Å²) in [6, 6.07) is 8.56. The Hall–Kier alpha value is -2.49. The van der Waals surface area contributed by atoms with Crippen LogP contribution in [0.4, 0.5) is 0 Å². The summed E-state index contributed by atoms with van der Waals surface area (Å²) in [5, 5.41) is 0.194. The fourth-order valence-corrected chi connectivity index (χ4v) is 3.33. The van der Waals surface area contributed by atoms with Crippen molar-refractivity contribution in [3.05, 3.63) is 47.0 Å². The molecule has 0 aromatic heterocycles. The number of rotatable bonds is 6. The van der Waals surface area contributed by atoms with E-state index < -0.39 is 15.9 Å². The largest absolute Gasteiger partial charge is 0.494 e. The van der Waals surface area contributed by atoms with Crippen molar-refractivity contribution in [3.8, 4) is 17.2 Å². The molecule has 1 heterocycles. The predicted molar refractivity (Wildman–Crippen MR) is 93.0 cm³/mol. The Bertz CT molecular complexity index is 931. The van der Waals surface area contributed by atoms with Crippen molar-refractivity contribution in [3.63, 3.8) is 0 Å². The molecule has 0 saturated carbocycles. The van der Waals surface area contributed by atoms with Gasteiger partial charge >= 0.3 is 0 Å². The summed E-state index contributed by atoms with van der Waals surface area (Å²) in [7, 11) is -3.94. The average Bonchev–Trinajstić information content (AvgIpc) is 3.10. The van der Waals surface area contributed by atoms with Gasteiger partial charge in [-0.1, -0.05) is 11.6 Å². The smallest absolute Gasteiger partial charge is 0.266 e. The molecule has 10 heteroatoms. The molecule has 0 aliphatic carbocycles. The Labute approximate surface area is 155 Å². The summed E-state index contributed by atoms with van der Waals surface area (Å²) in [6.07, 6.45) is 0. The number of ether oxygens (including phenoxy) is 3. The second kappa shape index (κ2) is 7.40. The van der Waals surface area contributed by atoms with E-state index in [0.717, 1.165) is 0 Å². The van der Waals surface area contributed by atoms with Gasteiger partial charge in [0.1, 0.15) is 5.75 Å². The lowest BCUT2D eigenvalue weighted by Crippen LogP contribution is -2.41. The molecule has 0 atom stereocenters. The molecule has 2 N–H and O–H groups in total. The number of hydrogen-bond acceptors (Lipinski definition) is 6. The van der Waals surface area contributed by atoms with Crippen LogP contribution in [0.5, 0.6) is 17.2 Å². The summed E-state index contributed by atoms with van der Waals surface area (Å²) in [5.41, 5.74) is 2.25. The second-order valence-corrected chi connectivity index (χ2v) is 7.25. The van der Waals surface area contributed by atoms with Gasteiger partial charge in [0.05, 0.1) is 16.5 Å². The van der Waals surface area contributed by atoms with Gasteiger partial charge < -0.3 is 14.2 Å². The number of fused-ring (bicyclic) bond motifs is 1. The topological polar surface area (TPSA) is 103 Å². The number of carbonyl (C=O) groups is 1. The highest BCUT2D eigenvalue weighted by Gasteiger charge is 2.22. The fourth-order valence-electron chi connectivity index (χ4n) is 2.22. The Kier molecular flexibility index (Phi) is 5.21. The van der Waals surface area contributed by atoms with Crippen LogP contribution in [-0.2, 0) is 10.0 Å². The van der Waals surface area contributed by atoms with Gasteiger partial charge in [-0.2, -0.15) is 0 Å². The van der Waals surface area contributed by atoms with Crippen molar-refractivity contribution >= 4 is 27.5 Å². The highest BCUT2D eigenvalue weighted by Crippen LogP contribution is 2.39. The van der Waals surface area contributed by atoms with Crippen molar-refractivity contribution in [1.29, 1.82) is 0 Å². The molecule has 0 fully saturated rings. The number of amides is 1. The highest BCUT2D eigenvalue weighted by atomic mass is 35.5. The second-order valence-electron chi connectivity index (χ2n) is 5.16. The van der Waals surface area contributed by atoms with Gasteiger partial charge in [-0.3, -0.25) is 10.2 Å². The van der Waals surface area contributed by atoms with Crippen molar-refractivity contribution in [2.75, 3.05) is 13.4 Å². The molecule has 0 spiro atoms. The molecule has 1 aliphatic heterocycles.